The Kier molecular flexibility index (Phi) is 4.42. The van der Waals surface area contributed by atoms with Gasteiger partial charge in [0.05, 0.1) is 11.2 Å². The van der Waals surface area contributed by atoms with Gasteiger partial charge in [-0.3, -0.25) is 15.7 Å². The first kappa shape index (κ1) is 14.9. The Morgan fingerprint density at radius 2 is 2.00 bits per heavy atom. The van der Waals surface area contributed by atoms with E-state index in [0.29, 0.717) is 12.5 Å². The zero-order valence-electron chi connectivity index (χ0n) is 12.9. The lowest BCUT2D eigenvalue weighted by Gasteiger charge is -2.10. The smallest absolute Gasteiger partial charge is 0.230 e. The van der Waals surface area contributed by atoms with Crippen LogP contribution < -0.4 is 10.6 Å². The third kappa shape index (κ3) is 3.79. The zero-order valence-corrected chi connectivity index (χ0v) is 12.9. The summed E-state index contributed by atoms with van der Waals surface area (Å²) in [7, 11) is 0. The fraction of sp³-hybridized carbons (Fsp3) is 0.176. The van der Waals surface area contributed by atoms with Crippen LogP contribution in [0.4, 0.5) is 5.95 Å². The maximum Gasteiger partial charge on any atom is 0.230 e. The van der Waals surface area contributed by atoms with E-state index in [1.807, 2.05) is 49.5 Å². The molecule has 0 bridgehead atoms. The molecule has 3 N–H and O–H groups in total. The number of hydrogen-bond donors (Lipinski definition) is 3. The molecule has 3 aromatic rings. The number of aromatic nitrogens is 3. The minimum absolute atomic E-state index is 0.184. The topological polar surface area (TPSA) is 86.6 Å². The molecule has 0 amide bonds. The molecule has 0 fully saturated rings. The molecule has 0 aliphatic carbocycles. The Hall–Kier alpha value is -3.02. The first-order valence-electron chi connectivity index (χ1n) is 7.44. The van der Waals surface area contributed by atoms with Gasteiger partial charge in [0.2, 0.25) is 5.95 Å². The molecule has 0 unspecified atom stereocenters. The average molecular weight is 306 g/mol. The van der Waals surface area contributed by atoms with Crippen LogP contribution in [-0.4, -0.2) is 27.5 Å². The number of rotatable bonds is 4. The third-order valence-electron chi connectivity index (χ3n) is 3.47. The van der Waals surface area contributed by atoms with E-state index in [2.05, 4.69) is 25.6 Å². The average Bonchev–Trinajstić information content (AvgIpc) is 2.56. The van der Waals surface area contributed by atoms with Gasteiger partial charge in [0, 0.05) is 24.3 Å². The molecule has 0 aliphatic heterocycles. The summed E-state index contributed by atoms with van der Waals surface area (Å²) in [5.41, 5.74) is 2.89. The van der Waals surface area contributed by atoms with Crippen LogP contribution in [0.5, 0.6) is 0 Å². The summed E-state index contributed by atoms with van der Waals surface area (Å²) < 4.78 is 0. The van der Waals surface area contributed by atoms with Crippen LogP contribution in [0.3, 0.4) is 0 Å². The van der Waals surface area contributed by atoms with Crippen molar-refractivity contribution in [3.8, 4) is 0 Å². The van der Waals surface area contributed by atoms with Crippen molar-refractivity contribution in [1.29, 1.82) is 5.41 Å². The van der Waals surface area contributed by atoms with Gasteiger partial charge in [-0.2, -0.15) is 0 Å². The van der Waals surface area contributed by atoms with Gasteiger partial charge in [-0.05, 0) is 31.0 Å². The summed E-state index contributed by atoms with van der Waals surface area (Å²) in [4.78, 5) is 12.9. The number of benzene rings is 1. The lowest BCUT2D eigenvalue weighted by Crippen LogP contribution is -2.32. The molecule has 6 heteroatoms. The number of fused-ring (bicyclic) bond motifs is 1. The van der Waals surface area contributed by atoms with Crippen molar-refractivity contribution in [3.05, 3.63) is 60.0 Å². The summed E-state index contributed by atoms with van der Waals surface area (Å²) in [5, 5.41) is 14.9. The number of pyridine rings is 1. The molecular weight excluding hydrogens is 288 g/mol. The predicted octanol–water partition coefficient (Wildman–Crippen LogP) is 2.51. The summed E-state index contributed by atoms with van der Waals surface area (Å²) >= 11 is 0. The lowest BCUT2D eigenvalue weighted by molar-refractivity contribution is 0.853. The highest BCUT2D eigenvalue weighted by Crippen LogP contribution is 2.16. The second-order valence-corrected chi connectivity index (χ2v) is 5.19. The molecule has 2 heterocycles. The largest absolute Gasteiger partial charge is 0.356 e. The molecule has 2 aromatic heterocycles. The van der Waals surface area contributed by atoms with Crippen LogP contribution in [0.25, 0.3) is 10.9 Å². The van der Waals surface area contributed by atoms with Crippen LogP contribution in [-0.2, 0) is 6.42 Å². The molecule has 0 aliphatic rings. The summed E-state index contributed by atoms with van der Waals surface area (Å²) in [6.07, 6.45) is 4.38. The molecule has 1 aromatic carbocycles. The Bertz CT molecular complexity index is 816. The van der Waals surface area contributed by atoms with E-state index in [1.165, 1.54) is 0 Å². The van der Waals surface area contributed by atoms with Gasteiger partial charge in [0.15, 0.2) is 5.96 Å². The number of aryl methyl sites for hydroxylation is 1. The van der Waals surface area contributed by atoms with E-state index >= 15 is 0 Å². The van der Waals surface area contributed by atoms with E-state index in [1.54, 1.807) is 6.20 Å². The van der Waals surface area contributed by atoms with Gasteiger partial charge >= 0.3 is 0 Å². The number of hydrogen-bond acceptors (Lipinski definition) is 4. The van der Waals surface area contributed by atoms with E-state index in [4.69, 9.17) is 5.41 Å². The molecule has 0 radical (unpaired) electrons. The highest BCUT2D eigenvalue weighted by Gasteiger charge is 2.05. The first-order valence-corrected chi connectivity index (χ1v) is 7.44. The first-order chi connectivity index (χ1) is 11.2. The van der Waals surface area contributed by atoms with E-state index in [0.717, 1.165) is 28.6 Å². The summed E-state index contributed by atoms with van der Waals surface area (Å²) in [6, 6.07) is 11.8. The SMILES string of the molecule is Cc1nc(NC(=N)NCCc2cccnc2)nc2ccccc12. The second-order valence-electron chi connectivity index (χ2n) is 5.19. The van der Waals surface area contributed by atoms with Crippen LogP contribution in [0.2, 0.25) is 0 Å². The molecular formula is C17H18N6. The van der Waals surface area contributed by atoms with Gasteiger partial charge in [-0.15, -0.1) is 0 Å². The molecule has 116 valence electrons. The van der Waals surface area contributed by atoms with Gasteiger partial charge in [0.25, 0.3) is 0 Å². The maximum atomic E-state index is 7.95. The van der Waals surface area contributed by atoms with Crippen LogP contribution >= 0.6 is 0 Å². The Labute approximate surface area is 134 Å². The van der Waals surface area contributed by atoms with Crippen molar-refractivity contribution in [1.82, 2.24) is 20.3 Å². The van der Waals surface area contributed by atoms with Gasteiger partial charge in [0.1, 0.15) is 0 Å². The molecule has 23 heavy (non-hydrogen) atoms. The van der Waals surface area contributed by atoms with Gasteiger partial charge in [-0.1, -0.05) is 24.3 Å². The number of guanidine groups is 1. The van der Waals surface area contributed by atoms with E-state index in [-0.39, 0.29) is 5.96 Å². The Balaban J connectivity index is 1.59. The van der Waals surface area contributed by atoms with Crippen molar-refractivity contribution in [2.75, 3.05) is 11.9 Å². The van der Waals surface area contributed by atoms with Crippen molar-refractivity contribution in [2.24, 2.45) is 0 Å². The Morgan fingerprint density at radius 3 is 2.83 bits per heavy atom. The van der Waals surface area contributed by atoms with E-state index < -0.39 is 0 Å². The van der Waals surface area contributed by atoms with Gasteiger partial charge < -0.3 is 5.32 Å². The van der Waals surface area contributed by atoms with Crippen LogP contribution in [0.15, 0.2) is 48.8 Å². The predicted molar refractivity (Wildman–Crippen MR) is 91.6 cm³/mol. The lowest BCUT2D eigenvalue weighted by atomic mass is 10.2. The number of anilines is 1. The minimum atomic E-state index is 0.184. The molecule has 6 nitrogen and oxygen atoms in total. The standard InChI is InChI=1S/C17H18N6/c1-12-14-6-2-3-7-15(14)22-17(21-12)23-16(18)20-10-8-13-5-4-9-19-11-13/h2-7,9,11H,8,10H2,1H3,(H3,18,20,21,22,23). The fourth-order valence-electron chi connectivity index (χ4n) is 2.32. The summed E-state index contributed by atoms with van der Waals surface area (Å²) in [6.45, 7) is 2.58. The molecule has 0 saturated heterocycles. The van der Waals surface area contributed by atoms with Gasteiger partial charge in [-0.25, -0.2) is 9.97 Å². The summed E-state index contributed by atoms with van der Waals surface area (Å²) in [5.74, 6) is 0.614. The number of para-hydroxylation sites is 1. The second kappa shape index (κ2) is 6.83. The number of nitrogens with zero attached hydrogens (tertiary/aromatic N) is 3. The molecule has 0 spiro atoms. The van der Waals surface area contributed by atoms with Crippen molar-refractivity contribution in [2.45, 2.75) is 13.3 Å². The highest BCUT2D eigenvalue weighted by molar-refractivity contribution is 5.91. The number of nitrogens with one attached hydrogen (secondary N) is 3. The maximum absolute atomic E-state index is 7.95. The fourth-order valence-corrected chi connectivity index (χ4v) is 2.32. The van der Waals surface area contributed by atoms with Crippen molar-refractivity contribution >= 4 is 22.8 Å². The molecule has 0 atom stereocenters. The quantitative estimate of drug-likeness (QED) is 0.509. The highest BCUT2D eigenvalue weighted by atomic mass is 15.2. The third-order valence-corrected chi connectivity index (χ3v) is 3.47. The van der Waals surface area contributed by atoms with Crippen LogP contribution in [0, 0.1) is 12.3 Å². The molecule has 3 rings (SSSR count). The minimum Gasteiger partial charge on any atom is -0.356 e. The Morgan fingerprint density at radius 1 is 1.13 bits per heavy atom. The van der Waals surface area contributed by atoms with Crippen molar-refractivity contribution < 1.29 is 0 Å². The van der Waals surface area contributed by atoms with Crippen LogP contribution in [0.1, 0.15) is 11.3 Å². The molecule has 0 saturated carbocycles. The zero-order chi connectivity index (χ0) is 16.1. The monoisotopic (exact) mass is 306 g/mol. The van der Waals surface area contributed by atoms with Crippen molar-refractivity contribution in [3.63, 3.8) is 0 Å². The van der Waals surface area contributed by atoms with E-state index in [9.17, 15) is 0 Å². The normalized spacial score (nSPS) is 10.5.